The zero-order valence-corrected chi connectivity index (χ0v) is 23.6. The molecule has 40 heavy (non-hydrogen) atoms. The van der Waals surface area contributed by atoms with Crippen LogP contribution >= 0.6 is 0 Å². The van der Waals surface area contributed by atoms with Gasteiger partial charge in [0.05, 0.1) is 11.6 Å². The van der Waals surface area contributed by atoms with Gasteiger partial charge in [-0.2, -0.15) is 5.26 Å². The summed E-state index contributed by atoms with van der Waals surface area (Å²) in [5, 5.41) is 22.5. The highest BCUT2D eigenvalue weighted by molar-refractivity contribution is 5.96. The molecule has 0 aromatic heterocycles. The Morgan fingerprint density at radius 1 is 1.23 bits per heavy atom. The van der Waals surface area contributed by atoms with Gasteiger partial charge in [0.1, 0.15) is 5.82 Å². The Bertz CT molecular complexity index is 1210. The number of hydrogen-bond acceptors (Lipinski definition) is 6. The van der Waals surface area contributed by atoms with Crippen LogP contribution in [0, 0.1) is 17.1 Å². The zero-order valence-electron chi connectivity index (χ0n) is 23.6. The first-order chi connectivity index (χ1) is 19.5. The summed E-state index contributed by atoms with van der Waals surface area (Å²) in [4.78, 5) is 20.5. The molecule has 7 nitrogen and oxygen atoms in total. The third-order valence-corrected chi connectivity index (χ3v) is 9.07. The van der Waals surface area contributed by atoms with Gasteiger partial charge < -0.3 is 20.2 Å². The third-order valence-electron chi connectivity index (χ3n) is 9.07. The van der Waals surface area contributed by atoms with Crippen molar-refractivity contribution in [3.8, 4) is 6.07 Å². The van der Waals surface area contributed by atoms with E-state index in [1.807, 2.05) is 25.2 Å². The first kappa shape index (κ1) is 28.7. The van der Waals surface area contributed by atoms with Gasteiger partial charge in [0.15, 0.2) is 0 Å². The number of benzene rings is 2. The van der Waals surface area contributed by atoms with Crippen LogP contribution in [0.4, 0.5) is 4.39 Å². The molecule has 0 saturated carbocycles. The lowest BCUT2D eigenvalue weighted by Crippen LogP contribution is -2.66. The number of nitrogens with zero attached hydrogens (tertiary/aromatic N) is 4. The number of aryl methyl sites for hydroxylation is 1. The van der Waals surface area contributed by atoms with E-state index >= 15 is 0 Å². The number of nitrogens with one attached hydrogen (secondary N) is 1. The molecule has 0 radical (unpaired) electrons. The van der Waals surface area contributed by atoms with Gasteiger partial charge in [-0.15, -0.1) is 0 Å². The maximum atomic E-state index is 13.8. The molecule has 1 unspecified atom stereocenters. The van der Waals surface area contributed by atoms with Crippen LogP contribution in [-0.2, 0) is 12.8 Å². The molecule has 2 fully saturated rings. The SMILES string of the molecule is CN(C[C@@H](CCN1CC(N2CCNCC2CCO)C1)c1ccc(F)cc1)C(=O)c1cc(C#N)cc2c1CCCC2. The first-order valence-corrected chi connectivity index (χ1v) is 14.8. The number of amides is 1. The highest BCUT2D eigenvalue weighted by Gasteiger charge is 2.36. The van der Waals surface area contributed by atoms with Gasteiger partial charge in [-0.25, -0.2) is 4.39 Å². The number of likely N-dealkylation sites (N-methyl/N-ethyl adjacent to an activating group) is 1. The molecule has 2 heterocycles. The van der Waals surface area contributed by atoms with Crippen LogP contribution in [0.1, 0.15) is 64.2 Å². The van der Waals surface area contributed by atoms with Gasteiger partial charge >= 0.3 is 0 Å². The molecule has 2 aliphatic heterocycles. The summed E-state index contributed by atoms with van der Waals surface area (Å²) in [6.07, 6.45) is 5.61. The molecule has 5 rings (SSSR count). The highest BCUT2D eigenvalue weighted by Crippen LogP contribution is 2.29. The predicted molar refractivity (Wildman–Crippen MR) is 154 cm³/mol. The van der Waals surface area contributed by atoms with Crippen LogP contribution in [0.2, 0.25) is 0 Å². The average molecular weight is 548 g/mol. The van der Waals surface area contributed by atoms with Gasteiger partial charge in [-0.3, -0.25) is 9.69 Å². The predicted octanol–water partition coefficient (Wildman–Crippen LogP) is 3.16. The molecule has 2 N–H and O–H groups in total. The second-order valence-corrected chi connectivity index (χ2v) is 11.7. The molecule has 0 spiro atoms. The number of hydrogen-bond donors (Lipinski definition) is 2. The number of fused-ring (bicyclic) bond motifs is 1. The first-order valence-electron chi connectivity index (χ1n) is 14.8. The van der Waals surface area contributed by atoms with E-state index in [0.717, 1.165) is 94.5 Å². The largest absolute Gasteiger partial charge is 0.396 e. The molecular formula is C32H42FN5O2. The molecule has 1 aliphatic carbocycles. The smallest absolute Gasteiger partial charge is 0.253 e. The van der Waals surface area contributed by atoms with Crippen LogP contribution in [0.25, 0.3) is 0 Å². The molecule has 214 valence electrons. The maximum absolute atomic E-state index is 13.8. The summed E-state index contributed by atoms with van der Waals surface area (Å²) in [6, 6.07) is 13.5. The number of nitriles is 1. The fourth-order valence-electron chi connectivity index (χ4n) is 6.79. The molecule has 8 heteroatoms. The summed E-state index contributed by atoms with van der Waals surface area (Å²) in [5.74, 6) is -0.226. The monoisotopic (exact) mass is 547 g/mol. The van der Waals surface area contributed by atoms with E-state index in [-0.39, 0.29) is 24.2 Å². The van der Waals surface area contributed by atoms with Crippen molar-refractivity contribution in [1.29, 1.82) is 5.26 Å². The summed E-state index contributed by atoms with van der Waals surface area (Å²) in [7, 11) is 1.85. The molecule has 2 atom stereocenters. The minimum Gasteiger partial charge on any atom is -0.396 e. The van der Waals surface area contributed by atoms with Crippen LogP contribution in [0.3, 0.4) is 0 Å². The fourth-order valence-corrected chi connectivity index (χ4v) is 6.79. The lowest BCUT2D eigenvalue weighted by atomic mass is 9.86. The Labute approximate surface area is 237 Å². The van der Waals surface area contributed by atoms with Gasteiger partial charge in [0.25, 0.3) is 5.91 Å². The minimum absolute atomic E-state index is 0.0417. The quantitative estimate of drug-likeness (QED) is 0.476. The van der Waals surface area contributed by atoms with Crippen molar-refractivity contribution in [3.05, 3.63) is 70.0 Å². The molecule has 3 aliphatic rings. The van der Waals surface area contributed by atoms with E-state index in [0.29, 0.717) is 29.8 Å². The number of aliphatic hydroxyl groups excluding tert-OH is 1. The van der Waals surface area contributed by atoms with Crippen molar-refractivity contribution in [2.24, 2.45) is 0 Å². The van der Waals surface area contributed by atoms with Gasteiger partial charge in [-0.1, -0.05) is 12.1 Å². The summed E-state index contributed by atoms with van der Waals surface area (Å²) < 4.78 is 13.8. The number of carbonyl (C=O) groups excluding carboxylic acids is 1. The van der Waals surface area contributed by atoms with Crippen molar-refractivity contribution >= 4 is 5.91 Å². The van der Waals surface area contributed by atoms with Crippen LogP contribution in [0.15, 0.2) is 36.4 Å². The number of halogens is 1. The maximum Gasteiger partial charge on any atom is 0.253 e. The number of rotatable bonds is 10. The molecule has 2 aromatic rings. The lowest BCUT2D eigenvalue weighted by molar-refractivity contribution is -0.00904. The molecule has 0 bridgehead atoms. The Morgan fingerprint density at radius 3 is 2.75 bits per heavy atom. The Morgan fingerprint density at radius 2 is 2.00 bits per heavy atom. The minimum atomic E-state index is -0.258. The van der Waals surface area contributed by atoms with E-state index in [4.69, 9.17) is 0 Å². The summed E-state index contributed by atoms with van der Waals surface area (Å²) in [5.41, 5.74) is 4.48. The van der Waals surface area contributed by atoms with Gasteiger partial charge in [0.2, 0.25) is 0 Å². The van der Waals surface area contributed by atoms with Crippen molar-refractivity contribution in [2.45, 2.75) is 56.5 Å². The Balaban J connectivity index is 1.25. The second-order valence-electron chi connectivity index (χ2n) is 11.7. The van der Waals surface area contributed by atoms with Crippen LogP contribution < -0.4 is 5.32 Å². The van der Waals surface area contributed by atoms with E-state index in [2.05, 4.69) is 21.2 Å². The third kappa shape index (κ3) is 6.55. The topological polar surface area (TPSA) is 82.8 Å². The molecule has 2 saturated heterocycles. The van der Waals surface area contributed by atoms with E-state index in [1.165, 1.54) is 12.1 Å². The van der Waals surface area contributed by atoms with E-state index < -0.39 is 0 Å². The Hall–Kier alpha value is -2.83. The van der Waals surface area contributed by atoms with Crippen LogP contribution in [-0.4, -0.2) is 97.3 Å². The average Bonchev–Trinajstić information content (AvgIpc) is 2.96. The van der Waals surface area contributed by atoms with Crippen molar-refractivity contribution in [1.82, 2.24) is 20.0 Å². The van der Waals surface area contributed by atoms with Gasteiger partial charge in [-0.05, 0) is 86.0 Å². The number of carbonyl (C=O) groups is 1. The molecular weight excluding hydrogens is 505 g/mol. The fraction of sp³-hybridized carbons (Fsp3) is 0.562. The lowest BCUT2D eigenvalue weighted by Gasteiger charge is -2.50. The Kier molecular flexibility index (Phi) is 9.48. The van der Waals surface area contributed by atoms with Gasteiger partial charge in [0, 0.05) is 76.5 Å². The van der Waals surface area contributed by atoms with Crippen molar-refractivity contribution < 1.29 is 14.3 Å². The summed E-state index contributed by atoms with van der Waals surface area (Å²) >= 11 is 0. The highest BCUT2D eigenvalue weighted by atomic mass is 19.1. The molecule has 1 amide bonds. The van der Waals surface area contributed by atoms with Crippen molar-refractivity contribution in [2.75, 3.05) is 59.5 Å². The zero-order chi connectivity index (χ0) is 28.1. The summed E-state index contributed by atoms with van der Waals surface area (Å²) in [6.45, 7) is 6.64. The van der Waals surface area contributed by atoms with Crippen LogP contribution in [0.5, 0.6) is 0 Å². The number of aliphatic hydroxyl groups is 1. The normalized spacial score (nSPS) is 20.8. The number of likely N-dealkylation sites (tertiary alicyclic amines) is 1. The number of piperazine rings is 1. The van der Waals surface area contributed by atoms with E-state index in [9.17, 15) is 19.6 Å². The van der Waals surface area contributed by atoms with Crippen molar-refractivity contribution in [3.63, 3.8) is 0 Å². The second kappa shape index (κ2) is 13.2. The molecule has 2 aromatic carbocycles. The standard InChI is InChI=1S/C32H42FN5O2/c1-36(32(40)31-17-23(18-34)16-25-4-2-3-5-30(25)31)20-26(24-6-8-27(33)9-7-24)10-13-37-21-29(22-37)38-14-12-35-19-28(38)11-15-39/h6-9,16-17,26,28-29,35,39H,2-5,10-15,19-22H2,1H3/t26-,28?/m1/s1. The van der Waals surface area contributed by atoms with E-state index in [1.54, 1.807) is 11.0 Å².